The molecule has 4 rings (SSSR count). The predicted molar refractivity (Wildman–Crippen MR) is 106 cm³/mol. The van der Waals surface area contributed by atoms with Crippen LogP contribution in [0.5, 0.6) is 0 Å². The van der Waals surface area contributed by atoms with Crippen LogP contribution >= 0.6 is 23.2 Å². The first-order chi connectivity index (χ1) is 13.6. The molecule has 28 heavy (non-hydrogen) atoms. The largest absolute Gasteiger partial charge is 0.304 e. The van der Waals surface area contributed by atoms with Gasteiger partial charge in [0.05, 0.1) is 6.54 Å². The number of aromatic nitrogens is 6. The minimum Gasteiger partial charge on any atom is -0.304 e. The lowest BCUT2D eigenvalue weighted by Gasteiger charge is -2.07. The van der Waals surface area contributed by atoms with Crippen LogP contribution in [0.2, 0.25) is 10.0 Å². The summed E-state index contributed by atoms with van der Waals surface area (Å²) in [7, 11) is 0. The van der Waals surface area contributed by atoms with E-state index in [1.807, 2.05) is 12.3 Å². The second kappa shape index (κ2) is 7.87. The highest BCUT2D eigenvalue weighted by Gasteiger charge is 2.13. The van der Waals surface area contributed by atoms with E-state index in [0.29, 0.717) is 29.1 Å². The van der Waals surface area contributed by atoms with Crippen molar-refractivity contribution in [3.63, 3.8) is 0 Å². The van der Waals surface area contributed by atoms with Gasteiger partial charge in [0.15, 0.2) is 11.5 Å². The van der Waals surface area contributed by atoms with Crippen LogP contribution in [0.3, 0.4) is 0 Å². The van der Waals surface area contributed by atoms with Crippen molar-refractivity contribution in [1.29, 1.82) is 0 Å². The van der Waals surface area contributed by atoms with E-state index in [9.17, 15) is 4.79 Å². The maximum Gasteiger partial charge on any atom is 0.277 e. The van der Waals surface area contributed by atoms with E-state index in [1.165, 1.54) is 0 Å². The lowest BCUT2D eigenvalue weighted by Crippen LogP contribution is -2.15. The average molecular weight is 416 g/mol. The Balaban J connectivity index is 1.41. The summed E-state index contributed by atoms with van der Waals surface area (Å²) in [5, 5.41) is 16.6. The van der Waals surface area contributed by atoms with Gasteiger partial charge in [-0.05, 0) is 24.3 Å². The second-order valence-corrected chi connectivity index (χ2v) is 6.79. The predicted octanol–water partition coefficient (Wildman–Crippen LogP) is 3.39. The molecule has 4 aromatic rings. The first kappa shape index (κ1) is 18.3. The summed E-state index contributed by atoms with van der Waals surface area (Å²) in [6.45, 7) is 0.820. The van der Waals surface area contributed by atoms with Crippen molar-refractivity contribution >= 4 is 34.9 Å². The van der Waals surface area contributed by atoms with Gasteiger partial charge in [-0.15, -0.1) is 0 Å². The summed E-state index contributed by atoms with van der Waals surface area (Å²) in [6, 6.07) is 10.5. The van der Waals surface area contributed by atoms with Gasteiger partial charge in [-0.1, -0.05) is 29.3 Å². The van der Waals surface area contributed by atoms with E-state index < -0.39 is 0 Å². The Morgan fingerprint density at radius 2 is 1.71 bits per heavy atom. The van der Waals surface area contributed by atoms with E-state index in [1.54, 1.807) is 63.0 Å². The number of rotatable bonds is 6. The van der Waals surface area contributed by atoms with Crippen LogP contribution in [-0.4, -0.2) is 35.2 Å². The zero-order chi connectivity index (χ0) is 19.5. The Morgan fingerprint density at radius 1 is 0.929 bits per heavy atom. The first-order valence-electron chi connectivity index (χ1n) is 8.37. The number of carbonyl (C=O) groups excluding carboxylic acids is 1. The van der Waals surface area contributed by atoms with Gasteiger partial charge in [-0.2, -0.15) is 15.3 Å². The molecule has 0 fully saturated rings. The Bertz CT molecular complexity index is 1080. The molecule has 0 aliphatic rings. The van der Waals surface area contributed by atoms with E-state index in [2.05, 4.69) is 20.6 Å². The first-order valence-corrected chi connectivity index (χ1v) is 9.12. The summed E-state index contributed by atoms with van der Waals surface area (Å²) < 4.78 is 4.98. The highest BCUT2D eigenvalue weighted by atomic mass is 35.5. The van der Waals surface area contributed by atoms with Gasteiger partial charge in [0, 0.05) is 46.5 Å². The Hall–Kier alpha value is -3.10. The number of amides is 1. The molecule has 142 valence electrons. The normalized spacial score (nSPS) is 10.9. The average Bonchev–Trinajstić information content (AvgIpc) is 3.41. The van der Waals surface area contributed by atoms with Gasteiger partial charge in [-0.3, -0.25) is 18.8 Å². The van der Waals surface area contributed by atoms with Gasteiger partial charge in [0.25, 0.3) is 5.91 Å². The fourth-order valence-corrected chi connectivity index (χ4v) is 3.15. The van der Waals surface area contributed by atoms with E-state index in [0.717, 1.165) is 5.56 Å². The molecule has 0 aliphatic heterocycles. The molecule has 1 amide bonds. The van der Waals surface area contributed by atoms with E-state index in [4.69, 9.17) is 23.2 Å². The number of benzene rings is 1. The molecular weight excluding hydrogens is 401 g/mol. The fourth-order valence-electron chi connectivity index (χ4n) is 2.64. The Kier molecular flexibility index (Phi) is 5.14. The second-order valence-electron chi connectivity index (χ2n) is 5.98. The molecule has 1 aromatic carbocycles. The van der Waals surface area contributed by atoms with Crippen LogP contribution in [0, 0.1) is 0 Å². The van der Waals surface area contributed by atoms with Crippen LogP contribution in [0.1, 0.15) is 16.1 Å². The van der Waals surface area contributed by atoms with Gasteiger partial charge in [0.1, 0.15) is 6.67 Å². The summed E-state index contributed by atoms with van der Waals surface area (Å²) >= 11 is 12.4. The summed E-state index contributed by atoms with van der Waals surface area (Å²) in [4.78, 5) is 12.4. The maximum absolute atomic E-state index is 12.4. The molecule has 0 unspecified atom stereocenters. The minimum absolute atomic E-state index is 0.288. The molecule has 0 aliphatic carbocycles. The molecule has 3 aromatic heterocycles. The molecule has 0 radical (unpaired) electrons. The number of halogens is 2. The van der Waals surface area contributed by atoms with Crippen molar-refractivity contribution in [3.05, 3.63) is 82.5 Å². The van der Waals surface area contributed by atoms with E-state index >= 15 is 0 Å². The van der Waals surface area contributed by atoms with Crippen molar-refractivity contribution < 1.29 is 4.79 Å². The summed E-state index contributed by atoms with van der Waals surface area (Å²) in [6.07, 6.45) is 6.96. The molecule has 0 bridgehead atoms. The number of hydrogen-bond acceptors (Lipinski definition) is 4. The van der Waals surface area contributed by atoms with Crippen LogP contribution in [0.4, 0.5) is 5.82 Å². The number of nitrogens with one attached hydrogen (secondary N) is 1. The number of nitrogens with zero attached hydrogens (tertiary/aromatic N) is 6. The maximum atomic E-state index is 12.4. The third-order valence-corrected chi connectivity index (χ3v) is 4.69. The van der Waals surface area contributed by atoms with Crippen LogP contribution < -0.4 is 5.32 Å². The van der Waals surface area contributed by atoms with Crippen LogP contribution in [0.15, 0.2) is 61.2 Å². The molecule has 3 heterocycles. The molecular formula is C18H15Cl2N7O. The number of hydrogen-bond donors (Lipinski definition) is 1. The third-order valence-electron chi connectivity index (χ3n) is 3.99. The zero-order valence-corrected chi connectivity index (χ0v) is 16.0. The van der Waals surface area contributed by atoms with Crippen molar-refractivity contribution in [1.82, 2.24) is 29.3 Å². The van der Waals surface area contributed by atoms with Crippen LogP contribution in [-0.2, 0) is 13.2 Å². The van der Waals surface area contributed by atoms with Gasteiger partial charge >= 0.3 is 0 Å². The summed E-state index contributed by atoms with van der Waals surface area (Å²) in [5.41, 5.74) is 1.06. The smallest absolute Gasteiger partial charge is 0.277 e. The molecule has 0 saturated heterocycles. The molecule has 10 heteroatoms. The molecule has 0 saturated carbocycles. The van der Waals surface area contributed by atoms with Crippen LogP contribution in [0.25, 0.3) is 0 Å². The lowest BCUT2D eigenvalue weighted by molar-refractivity contribution is 0.102. The zero-order valence-electron chi connectivity index (χ0n) is 14.5. The third kappa shape index (κ3) is 4.08. The molecule has 0 spiro atoms. The minimum atomic E-state index is -0.347. The Labute approximate surface area is 170 Å². The topological polar surface area (TPSA) is 82.6 Å². The standard InChI is InChI=1S/C18H15Cl2N7O/c19-14-3-1-4-15(20)13(14)11-25-10-6-17(24-25)22-18(28)16-5-9-27(23-16)12-26-8-2-7-21-26/h1-10H,11-12H2,(H,22,24,28). The molecule has 0 atom stereocenters. The van der Waals surface area contributed by atoms with Gasteiger partial charge < -0.3 is 5.32 Å². The fraction of sp³-hybridized carbons (Fsp3) is 0.111. The van der Waals surface area contributed by atoms with Crippen molar-refractivity contribution in [2.45, 2.75) is 13.2 Å². The molecule has 8 nitrogen and oxygen atoms in total. The number of anilines is 1. The van der Waals surface area contributed by atoms with Crippen molar-refractivity contribution in [2.75, 3.05) is 5.32 Å². The summed E-state index contributed by atoms with van der Waals surface area (Å²) in [5.74, 6) is 0.0649. The van der Waals surface area contributed by atoms with Gasteiger partial charge in [-0.25, -0.2) is 0 Å². The lowest BCUT2D eigenvalue weighted by atomic mass is 10.2. The quantitative estimate of drug-likeness (QED) is 0.523. The van der Waals surface area contributed by atoms with E-state index in [-0.39, 0.29) is 11.6 Å². The van der Waals surface area contributed by atoms with Gasteiger partial charge in [0.2, 0.25) is 0 Å². The monoisotopic (exact) mass is 415 g/mol. The molecule has 1 N–H and O–H groups in total. The highest BCUT2D eigenvalue weighted by molar-refractivity contribution is 6.35. The number of carbonyl (C=O) groups is 1. The Morgan fingerprint density at radius 3 is 2.46 bits per heavy atom. The van der Waals surface area contributed by atoms with Crippen molar-refractivity contribution in [2.24, 2.45) is 0 Å². The highest BCUT2D eigenvalue weighted by Crippen LogP contribution is 2.25. The SMILES string of the molecule is O=C(Nc1ccn(Cc2c(Cl)cccc2Cl)n1)c1ccn(Cn2cccn2)n1. The van der Waals surface area contributed by atoms with Crippen molar-refractivity contribution in [3.8, 4) is 0 Å².